The van der Waals surface area contributed by atoms with Crippen LogP contribution >= 0.6 is 0 Å². The van der Waals surface area contributed by atoms with Crippen LogP contribution in [-0.2, 0) is 4.43 Å². The zero-order valence-electron chi connectivity index (χ0n) is 13.7. The van der Waals surface area contributed by atoms with E-state index in [1.807, 2.05) is 31.2 Å². The maximum Gasteiger partial charge on any atom is 0.255 e. The molecule has 0 unspecified atom stereocenters. The van der Waals surface area contributed by atoms with E-state index in [0.717, 1.165) is 5.69 Å². The molecule has 0 heterocycles. The van der Waals surface area contributed by atoms with Crippen LogP contribution < -0.4 is 22.0 Å². The lowest BCUT2D eigenvalue weighted by Gasteiger charge is -2.22. The Labute approximate surface area is 137 Å². The summed E-state index contributed by atoms with van der Waals surface area (Å²) >= 11 is 0. The van der Waals surface area contributed by atoms with Crippen LogP contribution in [0.2, 0.25) is 13.1 Å². The van der Waals surface area contributed by atoms with E-state index in [-0.39, 0.29) is 5.91 Å². The van der Waals surface area contributed by atoms with Crippen molar-refractivity contribution in [1.29, 1.82) is 0 Å². The van der Waals surface area contributed by atoms with Gasteiger partial charge in [0.15, 0.2) is 0 Å². The maximum absolute atomic E-state index is 12.3. The van der Waals surface area contributed by atoms with Crippen LogP contribution in [0.1, 0.15) is 17.3 Å². The predicted molar refractivity (Wildman–Crippen MR) is 98.4 cm³/mol. The van der Waals surface area contributed by atoms with E-state index < -0.39 is 8.32 Å². The quantitative estimate of drug-likeness (QED) is 0.581. The second kappa shape index (κ2) is 6.85. The summed E-state index contributed by atoms with van der Waals surface area (Å²) < 4.78 is 5.86. The lowest BCUT2D eigenvalue weighted by Crippen LogP contribution is -2.44. The standard InChI is InChI=1S/C17H23N3O2Si/c1-4-22-23(2,3)16-7-5-15(6-8-16)20-17(21)12-9-13(18)11-14(19)10-12/h5-11H,4,18-19H2,1-3H3,(H,20,21). The number of amides is 1. The summed E-state index contributed by atoms with van der Waals surface area (Å²) in [6.07, 6.45) is 0. The fourth-order valence-corrected chi connectivity index (χ4v) is 4.27. The van der Waals surface area contributed by atoms with E-state index in [1.165, 1.54) is 5.19 Å². The number of carbonyl (C=O) groups is 1. The summed E-state index contributed by atoms with van der Waals surface area (Å²) in [7, 11) is -1.87. The summed E-state index contributed by atoms with van der Waals surface area (Å²) in [5.74, 6) is -0.238. The Balaban J connectivity index is 2.13. The minimum atomic E-state index is -1.87. The van der Waals surface area contributed by atoms with Crippen molar-refractivity contribution in [2.24, 2.45) is 0 Å². The van der Waals surface area contributed by atoms with Crippen LogP contribution in [0.5, 0.6) is 0 Å². The molecule has 5 nitrogen and oxygen atoms in total. The number of nitrogen functional groups attached to an aromatic ring is 2. The molecule has 0 bridgehead atoms. The molecule has 5 N–H and O–H groups in total. The van der Waals surface area contributed by atoms with Gasteiger partial charge in [-0.05, 0) is 55.5 Å². The molecule has 122 valence electrons. The molecule has 23 heavy (non-hydrogen) atoms. The first-order chi connectivity index (χ1) is 10.8. The molecule has 0 spiro atoms. The van der Waals surface area contributed by atoms with Crippen LogP contribution in [0.15, 0.2) is 42.5 Å². The first kappa shape index (κ1) is 17.0. The highest BCUT2D eigenvalue weighted by molar-refractivity contribution is 6.84. The van der Waals surface area contributed by atoms with E-state index >= 15 is 0 Å². The van der Waals surface area contributed by atoms with Crippen molar-refractivity contribution in [2.75, 3.05) is 23.4 Å². The second-order valence-electron chi connectivity index (χ2n) is 5.86. The molecule has 1 amide bonds. The van der Waals surface area contributed by atoms with Gasteiger partial charge in [-0.2, -0.15) is 0 Å². The monoisotopic (exact) mass is 329 g/mol. The fraction of sp³-hybridized carbons (Fsp3) is 0.235. The Bertz CT molecular complexity index is 679. The summed E-state index contributed by atoms with van der Waals surface area (Å²) in [4.78, 5) is 12.3. The van der Waals surface area contributed by atoms with Gasteiger partial charge in [0.1, 0.15) is 0 Å². The molecular formula is C17H23N3O2Si. The van der Waals surface area contributed by atoms with E-state index in [0.29, 0.717) is 23.5 Å². The van der Waals surface area contributed by atoms with Gasteiger partial charge in [0.2, 0.25) is 8.32 Å². The molecule has 2 aromatic rings. The minimum Gasteiger partial charge on any atom is -0.413 e. The number of hydrogen-bond acceptors (Lipinski definition) is 4. The van der Waals surface area contributed by atoms with Gasteiger partial charge < -0.3 is 21.2 Å². The third kappa shape index (κ3) is 4.34. The first-order valence-corrected chi connectivity index (χ1v) is 10.4. The predicted octanol–water partition coefficient (Wildman–Crippen LogP) is 2.55. The van der Waals surface area contributed by atoms with Crippen LogP contribution in [0.25, 0.3) is 0 Å². The average Bonchev–Trinajstić information content (AvgIpc) is 2.46. The number of anilines is 3. The van der Waals surface area contributed by atoms with Gasteiger partial charge in [-0.1, -0.05) is 12.1 Å². The van der Waals surface area contributed by atoms with Crippen molar-refractivity contribution in [3.8, 4) is 0 Å². The van der Waals surface area contributed by atoms with Crippen LogP contribution in [-0.4, -0.2) is 20.8 Å². The van der Waals surface area contributed by atoms with E-state index in [9.17, 15) is 4.79 Å². The second-order valence-corrected chi connectivity index (χ2v) is 9.75. The Kier molecular flexibility index (Phi) is 5.07. The number of nitrogens with two attached hydrogens (primary N) is 2. The third-order valence-electron chi connectivity index (χ3n) is 3.58. The first-order valence-electron chi connectivity index (χ1n) is 7.53. The molecule has 0 saturated heterocycles. The van der Waals surface area contributed by atoms with Gasteiger partial charge in [0.25, 0.3) is 5.91 Å². The fourth-order valence-electron chi connectivity index (χ4n) is 2.41. The number of hydrogen-bond donors (Lipinski definition) is 3. The molecule has 0 saturated carbocycles. The van der Waals surface area contributed by atoms with Crippen molar-refractivity contribution in [3.63, 3.8) is 0 Å². The summed E-state index contributed by atoms with van der Waals surface area (Å²) in [6.45, 7) is 7.01. The Morgan fingerprint density at radius 1 is 1.09 bits per heavy atom. The maximum atomic E-state index is 12.3. The van der Waals surface area contributed by atoms with Gasteiger partial charge in [-0.15, -0.1) is 0 Å². The van der Waals surface area contributed by atoms with E-state index in [4.69, 9.17) is 15.9 Å². The highest BCUT2D eigenvalue weighted by Crippen LogP contribution is 2.16. The normalized spacial score (nSPS) is 11.3. The van der Waals surface area contributed by atoms with Gasteiger partial charge in [0.05, 0.1) is 0 Å². The summed E-state index contributed by atoms with van der Waals surface area (Å²) in [6, 6.07) is 12.6. The molecule has 0 aromatic heterocycles. The Morgan fingerprint density at radius 2 is 1.65 bits per heavy atom. The highest BCUT2D eigenvalue weighted by atomic mass is 28.4. The molecule has 0 fully saturated rings. The number of nitrogens with one attached hydrogen (secondary N) is 1. The van der Waals surface area contributed by atoms with Crippen molar-refractivity contribution < 1.29 is 9.22 Å². The lowest BCUT2D eigenvalue weighted by molar-refractivity contribution is 0.102. The van der Waals surface area contributed by atoms with Crippen molar-refractivity contribution >= 4 is 36.5 Å². The summed E-state index contributed by atoms with van der Waals surface area (Å²) in [5.41, 5.74) is 13.5. The highest BCUT2D eigenvalue weighted by Gasteiger charge is 2.24. The third-order valence-corrected chi connectivity index (χ3v) is 6.32. The average molecular weight is 329 g/mol. The van der Waals surface area contributed by atoms with E-state index in [1.54, 1.807) is 18.2 Å². The molecule has 0 atom stereocenters. The van der Waals surface area contributed by atoms with Gasteiger partial charge in [-0.25, -0.2) is 0 Å². The molecule has 2 aromatic carbocycles. The van der Waals surface area contributed by atoms with Crippen LogP contribution in [0.4, 0.5) is 17.1 Å². The van der Waals surface area contributed by atoms with Gasteiger partial charge in [-0.3, -0.25) is 4.79 Å². The van der Waals surface area contributed by atoms with Crippen LogP contribution in [0, 0.1) is 0 Å². The van der Waals surface area contributed by atoms with Crippen molar-refractivity contribution in [2.45, 2.75) is 20.0 Å². The Hall–Kier alpha value is -2.31. The number of benzene rings is 2. The molecule has 2 rings (SSSR count). The lowest BCUT2D eigenvalue weighted by atomic mass is 10.1. The molecule has 0 aliphatic rings. The molecule has 0 radical (unpaired) electrons. The number of carbonyl (C=O) groups excluding carboxylic acids is 1. The zero-order chi connectivity index (χ0) is 17.0. The van der Waals surface area contributed by atoms with Crippen molar-refractivity contribution in [3.05, 3.63) is 48.0 Å². The molecule has 6 heteroatoms. The largest absolute Gasteiger partial charge is 0.413 e. The van der Waals surface area contributed by atoms with Gasteiger partial charge in [0, 0.05) is 29.2 Å². The summed E-state index contributed by atoms with van der Waals surface area (Å²) in [5, 5.41) is 4.03. The number of rotatable bonds is 5. The molecular weight excluding hydrogens is 306 g/mol. The van der Waals surface area contributed by atoms with Crippen molar-refractivity contribution in [1.82, 2.24) is 0 Å². The minimum absolute atomic E-state index is 0.238. The molecule has 0 aliphatic carbocycles. The Morgan fingerprint density at radius 3 is 2.17 bits per heavy atom. The zero-order valence-corrected chi connectivity index (χ0v) is 14.7. The topological polar surface area (TPSA) is 90.4 Å². The van der Waals surface area contributed by atoms with Crippen LogP contribution in [0.3, 0.4) is 0 Å². The van der Waals surface area contributed by atoms with Gasteiger partial charge >= 0.3 is 0 Å². The SMILES string of the molecule is CCO[Si](C)(C)c1ccc(NC(=O)c2cc(N)cc(N)c2)cc1. The smallest absolute Gasteiger partial charge is 0.255 e. The molecule has 0 aliphatic heterocycles. The van der Waals surface area contributed by atoms with E-state index in [2.05, 4.69) is 18.4 Å².